The maximum absolute atomic E-state index is 10.4. The Bertz CT molecular complexity index is 602. The molecule has 0 spiro atoms. The number of anilines is 1. The maximum atomic E-state index is 10.4. The average Bonchev–Trinajstić information content (AvgIpc) is 2.99. The third kappa shape index (κ3) is 4.30. The number of hydrogen-bond acceptors (Lipinski definition) is 6. The number of β-amino-alcohol motifs (C(OH)–C–C–N with tert-alkyl or cyclic N) is 1. The summed E-state index contributed by atoms with van der Waals surface area (Å²) in [6.45, 7) is 4.42. The highest BCUT2D eigenvalue weighted by Gasteiger charge is 2.28. The van der Waals surface area contributed by atoms with Crippen LogP contribution in [-0.4, -0.2) is 45.2 Å². The zero-order chi connectivity index (χ0) is 16.1. The molecule has 124 valence electrons. The van der Waals surface area contributed by atoms with Crippen molar-refractivity contribution >= 4 is 5.95 Å². The van der Waals surface area contributed by atoms with E-state index in [-0.39, 0.29) is 6.04 Å². The molecule has 0 saturated carbocycles. The van der Waals surface area contributed by atoms with Gasteiger partial charge in [0.2, 0.25) is 5.95 Å². The second kappa shape index (κ2) is 7.57. The zero-order valence-corrected chi connectivity index (χ0v) is 13.5. The van der Waals surface area contributed by atoms with Gasteiger partial charge in [-0.1, -0.05) is 6.92 Å². The van der Waals surface area contributed by atoms with E-state index < -0.39 is 6.10 Å². The molecule has 2 aromatic rings. The lowest BCUT2D eigenvalue weighted by Gasteiger charge is -2.35. The Labute approximate surface area is 136 Å². The first-order valence-corrected chi connectivity index (χ1v) is 8.26. The number of aryl methyl sites for hydroxylation is 1. The predicted molar refractivity (Wildman–Crippen MR) is 88.0 cm³/mol. The molecule has 1 saturated heterocycles. The Kier molecular flexibility index (Phi) is 5.25. The minimum absolute atomic E-state index is 0.0131. The molecule has 6 heteroatoms. The number of nitrogens with one attached hydrogen (secondary N) is 1. The summed E-state index contributed by atoms with van der Waals surface area (Å²) in [6, 6.07) is 5.86. The van der Waals surface area contributed by atoms with Crippen molar-refractivity contribution in [1.29, 1.82) is 0 Å². The number of nitrogens with zero attached hydrogens (tertiary/aromatic N) is 3. The molecule has 6 nitrogen and oxygen atoms in total. The molecule has 0 bridgehead atoms. The quantitative estimate of drug-likeness (QED) is 0.850. The van der Waals surface area contributed by atoms with Gasteiger partial charge in [-0.25, -0.2) is 9.97 Å². The fourth-order valence-corrected chi connectivity index (χ4v) is 2.96. The number of likely N-dealkylation sites (tertiary alicyclic amines) is 1. The van der Waals surface area contributed by atoms with Crippen LogP contribution in [0.1, 0.15) is 31.3 Å². The van der Waals surface area contributed by atoms with Crippen molar-refractivity contribution in [1.82, 2.24) is 14.9 Å². The molecule has 2 N–H and O–H groups in total. The van der Waals surface area contributed by atoms with Gasteiger partial charge in [-0.05, 0) is 31.0 Å². The third-order valence-corrected chi connectivity index (χ3v) is 4.14. The Morgan fingerprint density at radius 1 is 1.30 bits per heavy atom. The van der Waals surface area contributed by atoms with Crippen LogP contribution in [0, 0.1) is 0 Å². The molecule has 0 aromatic carbocycles. The number of furan rings is 1. The first kappa shape index (κ1) is 16.0. The number of rotatable bonds is 6. The second-order valence-electron chi connectivity index (χ2n) is 6.03. The van der Waals surface area contributed by atoms with E-state index in [2.05, 4.69) is 33.2 Å². The Morgan fingerprint density at radius 2 is 2.09 bits per heavy atom. The summed E-state index contributed by atoms with van der Waals surface area (Å²) in [4.78, 5) is 10.5. The molecule has 2 aromatic heterocycles. The van der Waals surface area contributed by atoms with E-state index in [9.17, 15) is 5.11 Å². The average molecular weight is 316 g/mol. The first-order valence-electron chi connectivity index (χ1n) is 8.26. The molecule has 0 radical (unpaired) electrons. The van der Waals surface area contributed by atoms with Gasteiger partial charge in [-0.3, -0.25) is 4.90 Å². The largest absolute Gasteiger partial charge is 0.465 e. The van der Waals surface area contributed by atoms with Crippen LogP contribution in [0.4, 0.5) is 5.95 Å². The molecule has 1 aliphatic rings. The van der Waals surface area contributed by atoms with Gasteiger partial charge < -0.3 is 14.8 Å². The van der Waals surface area contributed by atoms with Gasteiger partial charge in [0, 0.05) is 31.9 Å². The van der Waals surface area contributed by atoms with Crippen molar-refractivity contribution in [2.75, 3.05) is 18.4 Å². The lowest BCUT2D eigenvalue weighted by Crippen LogP contribution is -2.49. The Hall–Kier alpha value is -1.92. The lowest BCUT2D eigenvalue weighted by molar-refractivity contribution is 0.0526. The highest BCUT2D eigenvalue weighted by atomic mass is 16.3. The monoisotopic (exact) mass is 316 g/mol. The van der Waals surface area contributed by atoms with Crippen LogP contribution >= 0.6 is 0 Å². The second-order valence-corrected chi connectivity index (χ2v) is 6.03. The molecule has 0 unspecified atom stereocenters. The maximum Gasteiger partial charge on any atom is 0.222 e. The van der Waals surface area contributed by atoms with Crippen LogP contribution in [0.15, 0.2) is 35.0 Å². The standard InChI is InChI=1S/C17H24N4O2/c1-2-4-13-5-6-14(23-13)11-21-10-7-15(16(22)12-21)20-17-18-8-3-9-19-17/h3,5-6,8-9,15-16,22H,2,4,7,10-12H2,1H3,(H,18,19,20)/t15-,16-/m0/s1. The van der Waals surface area contributed by atoms with Gasteiger partial charge in [-0.15, -0.1) is 0 Å². The summed E-state index contributed by atoms with van der Waals surface area (Å²) in [5, 5.41) is 13.6. The van der Waals surface area contributed by atoms with Gasteiger partial charge in [0.15, 0.2) is 0 Å². The number of aliphatic hydroxyl groups excluding tert-OH is 1. The molecule has 0 aliphatic carbocycles. The van der Waals surface area contributed by atoms with Crippen LogP contribution in [0.3, 0.4) is 0 Å². The van der Waals surface area contributed by atoms with Crippen molar-refractivity contribution in [2.24, 2.45) is 0 Å². The van der Waals surface area contributed by atoms with Gasteiger partial charge in [0.25, 0.3) is 0 Å². The molecule has 2 atom stereocenters. The van der Waals surface area contributed by atoms with E-state index in [0.29, 0.717) is 12.5 Å². The molecule has 3 rings (SSSR count). The normalized spacial score (nSPS) is 22.2. The van der Waals surface area contributed by atoms with Crippen molar-refractivity contribution in [3.63, 3.8) is 0 Å². The van der Waals surface area contributed by atoms with Crippen LogP contribution in [0.5, 0.6) is 0 Å². The highest BCUT2D eigenvalue weighted by molar-refractivity contribution is 5.25. The van der Waals surface area contributed by atoms with Gasteiger partial charge in [0.1, 0.15) is 11.5 Å². The number of hydrogen-bond donors (Lipinski definition) is 2. The summed E-state index contributed by atoms with van der Waals surface area (Å²) in [5.41, 5.74) is 0. The molecular weight excluding hydrogens is 292 g/mol. The Morgan fingerprint density at radius 3 is 2.83 bits per heavy atom. The van der Waals surface area contributed by atoms with Gasteiger partial charge >= 0.3 is 0 Å². The summed E-state index contributed by atoms with van der Waals surface area (Å²) in [5.74, 6) is 2.58. The van der Waals surface area contributed by atoms with E-state index in [1.807, 2.05) is 6.07 Å². The SMILES string of the molecule is CCCc1ccc(CN2CC[C@H](Nc3ncccn3)[C@@H](O)C2)o1. The van der Waals surface area contributed by atoms with Gasteiger partial charge in [-0.2, -0.15) is 0 Å². The number of aliphatic hydroxyl groups is 1. The smallest absolute Gasteiger partial charge is 0.222 e. The summed E-state index contributed by atoms with van der Waals surface area (Å²) < 4.78 is 5.83. The van der Waals surface area contributed by atoms with Gasteiger partial charge in [0.05, 0.1) is 18.7 Å². The van der Waals surface area contributed by atoms with Crippen LogP contribution in [0.25, 0.3) is 0 Å². The van der Waals surface area contributed by atoms with E-state index in [4.69, 9.17) is 4.42 Å². The van der Waals surface area contributed by atoms with E-state index >= 15 is 0 Å². The highest BCUT2D eigenvalue weighted by Crippen LogP contribution is 2.18. The van der Waals surface area contributed by atoms with Crippen molar-refractivity contribution in [2.45, 2.75) is 44.9 Å². The van der Waals surface area contributed by atoms with E-state index in [0.717, 1.165) is 43.9 Å². The topological polar surface area (TPSA) is 74.4 Å². The Balaban J connectivity index is 1.51. The molecule has 0 amide bonds. The summed E-state index contributed by atoms with van der Waals surface area (Å²) >= 11 is 0. The fraction of sp³-hybridized carbons (Fsp3) is 0.529. The van der Waals surface area contributed by atoms with E-state index in [1.165, 1.54) is 0 Å². The number of aromatic nitrogens is 2. The minimum atomic E-state index is -0.447. The first-order chi connectivity index (χ1) is 11.2. The molecule has 23 heavy (non-hydrogen) atoms. The van der Waals surface area contributed by atoms with E-state index in [1.54, 1.807) is 18.5 Å². The molecular formula is C17H24N4O2. The third-order valence-electron chi connectivity index (χ3n) is 4.14. The predicted octanol–water partition coefficient (Wildman–Crippen LogP) is 2.07. The summed E-state index contributed by atoms with van der Waals surface area (Å²) in [7, 11) is 0. The van der Waals surface area contributed by atoms with Crippen LogP contribution in [0.2, 0.25) is 0 Å². The summed E-state index contributed by atoms with van der Waals surface area (Å²) in [6.07, 6.45) is 5.86. The number of piperidine rings is 1. The van der Waals surface area contributed by atoms with Crippen LogP contribution < -0.4 is 5.32 Å². The minimum Gasteiger partial charge on any atom is -0.465 e. The van der Waals surface area contributed by atoms with Crippen molar-refractivity contribution in [3.8, 4) is 0 Å². The lowest BCUT2D eigenvalue weighted by atomic mass is 10.0. The zero-order valence-electron chi connectivity index (χ0n) is 13.5. The van der Waals surface area contributed by atoms with Crippen molar-refractivity contribution < 1.29 is 9.52 Å². The molecule has 1 aliphatic heterocycles. The van der Waals surface area contributed by atoms with Crippen LogP contribution in [-0.2, 0) is 13.0 Å². The molecule has 3 heterocycles. The fourth-order valence-electron chi connectivity index (χ4n) is 2.96. The molecule has 1 fully saturated rings. The van der Waals surface area contributed by atoms with Crippen molar-refractivity contribution in [3.05, 3.63) is 42.1 Å².